The molecule has 74 valence electrons. The molecule has 0 aliphatic carbocycles. The van der Waals surface area contributed by atoms with Gasteiger partial charge < -0.3 is 5.73 Å². The fourth-order valence-corrected chi connectivity index (χ4v) is 1.19. The number of rotatable bonds is 0. The molecule has 0 aliphatic rings. The molecule has 0 bridgehead atoms. The molecule has 2 aromatic heterocycles. The van der Waals surface area contributed by atoms with Gasteiger partial charge in [-0.05, 0) is 12.1 Å². The third kappa shape index (κ3) is 1.39. The molecular weight excluding hydrogens is 195 g/mol. The molecule has 0 radical (unpaired) electrons. The summed E-state index contributed by atoms with van der Waals surface area (Å²) in [5.41, 5.74) is 4.96. The molecule has 0 saturated heterocycles. The van der Waals surface area contributed by atoms with Crippen LogP contribution in [0.25, 0.3) is 5.52 Å². The van der Waals surface area contributed by atoms with Gasteiger partial charge in [-0.25, -0.2) is 4.52 Å². The van der Waals surface area contributed by atoms with Gasteiger partial charge >= 0.3 is 6.18 Å². The minimum Gasteiger partial charge on any atom is -0.382 e. The third-order valence-electron chi connectivity index (χ3n) is 1.81. The Balaban J connectivity index is 2.62. The van der Waals surface area contributed by atoms with Gasteiger partial charge in [-0.1, -0.05) is 0 Å². The maximum atomic E-state index is 12.3. The van der Waals surface area contributed by atoms with Crippen LogP contribution in [0.1, 0.15) is 5.56 Å². The molecule has 0 amide bonds. The van der Waals surface area contributed by atoms with Crippen LogP contribution in [0.15, 0.2) is 24.4 Å². The summed E-state index contributed by atoms with van der Waals surface area (Å²) in [7, 11) is 0. The molecule has 0 unspecified atom stereocenters. The summed E-state index contributed by atoms with van der Waals surface area (Å²) in [6.45, 7) is 0. The van der Waals surface area contributed by atoms with Gasteiger partial charge in [-0.2, -0.15) is 18.3 Å². The van der Waals surface area contributed by atoms with Gasteiger partial charge in [0.05, 0.1) is 11.1 Å². The minimum atomic E-state index is -4.33. The number of halogens is 3. The van der Waals surface area contributed by atoms with Crippen molar-refractivity contribution >= 4 is 11.3 Å². The number of alkyl halides is 3. The number of pyridine rings is 1. The number of nitrogen functional groups attached to an aromatic ring is 1. The number of nitrogens with zero attached hydrogens (tertiary/aromatic N) is 2. The first-order chi connectivity index (χ1) is 6.47. The zero-order valence-corrected chi connectivity index (χ0v) is 6.92. The Morgan fingerprint density at radius 2 is 2.00 bits per heavy atom. The van der Waals surface area contributed by atoms with E-state index in [1.54, 1.807) is 0 Å². The van der Waals surface area contributed by atoms with E-state index >= 15 is 0 Å². The summed E-state index contributed by atoms with van der Waals surface area (Å²) in [6.07, 6.45) is -3.10. The predicted molar refractivity (Wildman–Crippen MR) is 44.6 cm³/mol. The number of anilines is 1. The van der Waals surface area contributed by atoms with Gasteiger partial charge in [0.15, 0.2) is 0 Å². The van der Waals surface area contributed by atoms with Crippen molar-refractivity contribution in [2.24, 2.45) is 0 Å². The lowest BCUT2D eigenvalue weighted by Gasteiger charge is -2.05. The van der Waals surface area contributed by atoms with Gasteiger partial charge in [0, 0.05) is 12.3 Å². The fraction of sp³-hybridized carbons (Fsp3) is 0.125. The zero-order chi connectivity index (χ0) is 10.3. The van der Waals surface area contributed by atoms with Crippen molar-refractivity contribution in [1.82, 2.24) is 9.61 Å². The summed E-state index contributed by atoms with van der Waals surface area (Å²) >= 11 is 0. The lowest BCUT2D eigenvalue weighted by Crippen LogP contribution is -2.05. The number of aromatic nitrogens is 2. The lowest BCUT2D eigenvalue weighted by atomic mass is 10.2. The van der Waals surface area contributed by atoms with Crippen LogP contribution in [0.5, 0.6) is 0 Å². The van der Waals surface area contributed by atoms with E-state index in [4.69, 9.17) is 5.73 Å². The largest absolute Gasteiger partial charge is 0.416 e. The van der Waals surface area contributed by atoms with E-state index in [1.165, 1.54) is 16.8 Å². The highest BCUT2D eigenvalue weighted by Crippen LogP contribution is 2.29. The minimum absolute atomic E-state index is 0.198. The highest BCUT2D eigenvalue weighted by atomic mass is 19.4. The number of nitrogens with two attached hydrogens (primary N) is 1. The molecule has 0 aromatic carbocycles. The molecule has 3 nitrogen and oxygen atoms in total. The molecule has 0 fully saturated rings. The van der Waals surface area contributed by atoms with Crippen LogP contribution in [0.4, 0.5) is 19.0 Å². The summed E-state index contributed by atoms with van der Waals surface area (Å²) in [6, 6.07) is 3.35. The molecule has 6 heteroatoms. The molecule has 2 aromatic rings. The second kappa shape index (κ2) is 2.63. The summed E-state index contributed by atoms with van der Waals surface area (Å²) < 4.78 is 38.1. The molecule has 0 atom stereocenters. The molecule has 14 heavy (non-hydrogen) atoms. The first kappa shape index (κ1) is 8.86. The van der Waals surface area contributed by atoms with Crippen molar-refractivity contribution < 1.29 is 13.2 Å². The number of hydrogen-bond donors (Lipinski definition) is 1. The standard InChI is InChI=1S/C8H6F3N3/c9-8(10,11)5-1-2-14-6(3-5)4-7(12)13-14/h1-4H,(H2,12,13). The van der Waals surface area contributed by atoms with Gasteiger partial charge in [-0.15, -0.1) is 0 Å². The van der Waals surface area contributed by atoms with E-state index < -0.39 is 11.7 Å². The van der Waals surface area contributed by atoms with Crippen molar-refractivity contribution in [3.63, 3.8) is 0 Å². The molecule has 2 N–H and O–H groups in total. The van der Waals surface area contributed by atoms with Gasteiger partial charge in [-0.3, -0.25) is 0 Å². The van der Waals surface area contributed by atoms with Crippen LogP contribution in [0.2, 0.25) is 0 Å². The number of hydrogen-bond acceptors (Lipinski definition) is 2. The fourth-order valence-electron chi connectivity index (χ4n) is 1.19. The smallest absolute Gasteiger partial charge is 0.382 e. The Bertz CT molecular complexity index is 472. The Morgan fingerprint density at radius 3 is 2.64 bits per heavy atom. The first-order valence-corrected chi connectivity index (χ1v) is 3.79. The van der Waals surface area contributed by atoms with Crippen LogP contribution in [-0.2, 0) is 6.18 Å². The second-order valence-corrected chi connectivity index (χ2v) is 2.85. The lowest BCUT2D eigenvalue weighted by molar-refractivity contribution is -0.137. The third-order valence-corrected chi connectivity index (χ3v) is 1.81. The van der Waals surface area contributed by atoms with Gasteiger partial charge in [0.2, 0.25) is 0 Å². The van der Waals surface area contributed by atoms with Crippen LogP contribution in [0.3, 0.4) is 0 Å². The average Bonchev–Trinajstić information content (AvgIpc) is 2.41. The van der Waals surface area contributed by atoms with Crippen LogP contribution in [-0.4, -0.2) is 9.61 Å². The Kier molecular flexibility index (Phi) is 1.67. The highest BCUT2D eigenvalue weighted by molar-refractivity contribution is 5.55. The van der Waals surface area contributed by atoms with E-state index in [-0.39, 0.29) is 5.82 Å². The van der Waals surface area contributed by atoms with E-state index in [0.29, 0.717) is 5.52 Å². The molecule has 0 aliphatic heterocycles. The summed E-state index contributed by atoms with van der Waals surface area (Å²) in [5, 5.41) is 3.76. The van der Waals surface area contributed by atoms with Crippen LogP contribution >= 0.6 is 0 Å². The molecule has 0 spiro atoms. The van der Waals surface area contributed by atoms with E-state index in [9.17, 15) is 13.2 Å². The van der Waals surface area contributed by atoms with Crippen LogP contribution < -0.4 is 5.73 Å². The van der Waals surface area contributed by atoms with Crippen molar-refractivity contribution in [3.8, 4) is 0 Å². The van der Waals surface area contributed by atoms with E-state index in [2.05, 4.69) is 5.10 Å². The van der Waals surface area contributed by atoms with Crippen molar-refractivity contribution in [1.29, 1.82) is 0 Å². The monoisotopic (exact) mass is 201 g/mol. The van der Waals surface area contributed by atoms with E-state index in [1.807, 2.05) is 0 Å². The van der Waals surface area contributed by atoms with Gasteiger partial charge in [0.25, 0.3) is 0 Å². The number of fused-ring (bicyclic) bond motifs is 1. The van der Waals surface area contributed by atoms with Crippen molar-refractivity contribution in [2.75, 3.05) is 5.73 Å². The van der Waals surface area contributed by atoms with Crippen LogP contribution in [0, 0.1) is 0 Å². The maximum absolute atomic E-state index is 12.3. The Hall–Kier alpha value is -1.72. The van der Waals surface area contributed by atoms with Gasteiger partial charge in [0.1, 0.15) is 5.82 Å². The molecule has 0 saturated carbocycles. The van der Waals surface area contributed by atoms with Crippen molar-refractivity contribution in [2.45, 2.75) is 6.18 Å². The quantitative estimate of drug-likeness (QED) is 0.707. The Morgan fingerprint density at radius 1 is 1.29 bits per heavy atom. The normalized spacial score (nSPS) is 12.2. The maximum Gasteiger partial charge on any atom is 0.416 e. The molecular formula is C8H6F3N3. The molecule has 2 heterocycles. The first-order valence-electron chi connectivity index (χ1n) is 3.79. The predicted octanol–water partition coefficient (Wildman–Crippen LogP) is 1.94. The SMILES string of the molecule is Nc1cc2cc(C(F)(F)F)ccn2n1. The van der Waals surface area contributed by atoms with Crippen molar-refractivity contribution in [3.05, 3.63) is 30.0 Å². The van der Waals surface area contributed by atoms with E-state index in [0.717, 1.165) is 12.1 Å². The average molecular weight is 201 g/mol. The summed E-state index contributed by atoms with van der Waals surface area (Å²) in [5.74, 6) is 0.198. The zero-order valence-electron chi connectivity index (χ0n) is 6.92. The topological polar surface area (TPSA) is 43.3 Å². The second-order valence-electron chi connectivity index (χ2n) is 2.85. The molecule has 2 rings (SSSR count). The Labute approximate surface area is 76.9 Å². The summed E-state index contributed by atoms with van der Waals surface area (Å²) in [4.78, 5) is 0. The highest BCUT2D eigenvalue weighted by Gasteiger charge is 2.30.